The first-order valence-electron chi connectivity index (χ1n) is 5.90. The Morgan fingerprint density at radius 3 is 2.81 bits per heavy atom. The molecule has 1 aromatic heterocycles. The lowest BCUT2D eigenvalue weighted by atomic mass is 9.81. The molecule has 1 fully saturated rings. The molecule has 2 N–H and O–H groups in total. The molecule has 0 amide bonds. The van der Waals surface area contributed by atoms with Crippen LogP contribution in [-0.2, 0) is 0 Å². The van der Waals surface area contributed by atoms with Crippen LogP contribution in [0.4, 0.5) is 5.95 Å². The van der Waals surface area contributed by atoms with Gasteiger partial charge in [0.1, 0.15) is 0 Å². The lowest BCUT2D eigenvalue weighted by Gasteiger charge is -2.34. The molecule has 1 aromatic carbocycles. The molecule has 0 saturated heterocycles. The van der Waals surface area contributed by atoms with E-state index in [4.69, 9.17) is 5.73 Å². The maximum absolute atomic E-state index is 6.03. The molecule has 3 rings (SSSR count). The van der Waals surface area contributed by atoms with Gasteiger partial charge in [-0.1, -0.05) is 19.1 Å². The predicted octanol–water partition coefficient (Wildman–Crippen LogP) is 2.90. The number of nitrogen functional groups attached to an aromatic ring is 1. The smallest absolute Gasteiger partial charge is 0.201 e. The molecule has 1 aliphatic rings. The number of hydrogen-bond donors (Lipinski definition) is 1. The molecule has 1 saturated carbocycles. The SMILES string of the molecule is Cc1cccc2nc(N)n(C3CC(C)C3)c12. The number of rotatable bonds is 1. The van der Waals surface area contributed by atoms with Gasteiger partial charge in [-0.2, -0.15) is 0 Å². The highest BCUT2D eigenvalue weighted by atomic mass is 15.2. The number of imidazole rings is 1. The average Bonchev–Trinajstić information content (AvgIpc) is 2.51. The molecular weight excluding hydrogens is 198 g/mol. The summed E-state index contributed by atoms with van der Waals surface area (Å²) in [7, 11) is 0. The maximum Gasteiger partial charge on any atom is 0.201 e. The molecule has 16 heavy (non-hydrogen) atoms. The van der Waals surface area contributed by atoms with Gasteiger partial charge < -0.3 is 10.3 Å². The van der Waals surface area contributed by atoms with Crippen molar-refractivity contribution in [3.8, 4) is 0 Å². The highest BCUT2D eigenvalue weighted by molar-refractivity contribution is 5.81. The largest absolute Gasteiger partial charge is 0.369 e. The van der Waals surface area contributed by atoms with Crippen LogP contribution in [0.5, 0.6) is 0 Å². The number of para-hydroxylation sites is 1. The van der Waals surface area contributed by atoms with E-state index in [0.29, 0.717) is 12.0 Å². The Kier molecular flexibility index (Phi) is 1.96. The summed E-state index contributed by atoms with van der Waals surface area (Å²) >= 11 is 0. The molecule has 0 aliphatic heterocycles. The topological polar surface area (TPSA) is 43.8 Å². The number of aryl methyl sites for hydroxylation is 1. The van der Waals surface area contributed by atoms with Gasteiger partial charge in [0.2, 0.25) is 5.95 Å². The van der Waals surface area contributed by atoms with Crippen LogP contribution < -0.4 is 5.73 Å². The number of nitrogens with two attached hydrogens (primary N) is 1. The summed E-state index contributed by atoms with van der Waals surface area (Å²) in [5, 5.41) is 0. The summed E-state index contributed by atoms with van der Waals surface area (Å²) in [6, 6.07) is 6.76. The van der Waals surface area contributed by atoms with E-state index in [-0.39, 0.29) is 0 Å². The highest BCUT2D eigenvalue weighted by Crippen LogP contribution is 2.41. The van der Waals surface area contributed by atoms with Crippen LogP contribution in [0.15, 0.2) is 18.2 Å². The molecule has 1 aliphatic carbocycles. The molecule has 0 atom stereocenters. The number of hydrogen-bond acceptors (Lipinski definition) is 2. The Labute approximate surface area is 95.3 Å². The molecule has 84 valence electrons. The van der Waals surface area contributed by atoms with E-state index in [1.165, 1.54) is 23.9 Å². The van der Waals surface area contributed by atoms with Crippen LogP contribution >= 0.6 is 0 Å². The lowest BCUT2D eigenvalue weighted by Crippen LogP contribution is -2.25. The van der Waals surface area contributed by atoms with Gasteiger partial charge in [-0.05, 0) is 37.3 Å². The van der Waals surface area contributed by atoms with Crippen LogP contribution in [0, 0.1) is 12.8 Å². The van der Waals surface area contributed by atoms with Gasteiger partial charge in [-0.25, -0.2) is 4.98 Å². The minimum absolute atomic E-state index is 0.557. The first-order chi connectivity index (χ1) is 7.66. The van der Waals surface area contributed by atoms with Gasteiger partial charge in [0.05, 0.1) is 11.0 Å². The number of anilines is 1. The van der Waals surface area contributed by atoms with Crippen molar-refractivity contribution in [2.75, 3.05) is 5.73 Å². The van der Waals surface area contributed by atoms with Gasteiger partial charge >= 0.3 is 0 Å². The van der Waals surface area contributed by atoms with Crippen LogP contribution in [0.3, 0.4) is 0 Å². The summed E-state index contributed by atoms with van der Waals surface area (Å²) < 4.78 is 2.23. The molecule has 3 heteroatoms. The van der Waals surface area contributed by atoms with Crippen molar-refractivity contribution >= 4 is 17.0 Å². The van der Waals surface area contributed by atoms with Crippen LogP contribution in [0.2, 0.25) is 0 Å². The molecule has 0 spiro atoms. The van der Waals surface area contributed by atoms with E-state index in [0.717, 1.165) is 11.4 Å². The average molecular weight is 215 g/mol. The number of nitrogens with zero attached hydrogens (tertiary/aromatic N) is 2. The van der Waals surface area contributed by atoms with E-state index < -0.39 is 0 Å². The molecular formula is C13H17N3. The zero-order valence-corrected chi connectivity index (χ0v) is 9.77. The minimum atomic E-state index is 0.557. The van der Waals surface area contributed by atoms with Crippen LogP contribution in [0.1, 0.15) is 31.4 Å². The third-order valence-corrected chi connectivity index (χ3v) is 3.65. The highest BCUT2D eigenvalue weighted by Gasteiger charge is 2.29. The third-order valence-electron chi connectivity index (χ3n) is 3.65. The van der Waals surface area contributed by atoms with E-state index in [1.54, 1.807) is 0 Å². The van der Waals surface area contributed by atoms with Gasteiger partial charge in [-0.15, -0.1) is 0 Å². The normalized spacial score (nSPS) is 24.6. The molecule has 1 heterocycles. The van der Waals surface area contributed by atoms with Crippen molar-refractivity contribution in [1.29, 1.82) is 0 Å². The van der Waals surface area contributed by atoms with Crippen LogP contribution in [-0.4, -0.2) is 9.55 Å². The van der Waals surface area contributed by atoms with Crippen LogP contribution in [0.25, 0.3) is 11.0 Å². The van der Waals surface area contributed by atoms with Crippen molar-refractivity contribution < 1.29 is 0 Å². The minimum Gasteiger partial charge on any atom is -0.369 e. The summed E-state index contributed by atoms with van der Waals surface area (Å²) in [5.74, 6) is 1.49. The second-order valence-corrected chi connectivity index (χ2v) is 5.01. The molecule has 0 radical (unpaired) electrons. The zero-order chi connectivity index (χ0) is 11.3. The Morgan fingerprint density at radius 2 is 2.12 bits per heavy atom. The first-order valence-corrected chi connectivity index (χ1v) is 5.90. The van der Waals surface area contributed by atoms with E-state index in [2.05, 4.69) is 29.5 Å². The van der Waals surface area contributed by atoms with Gasteiger partial charge in [0.25, 0.3) is 0 Å². The van der Waals surface area contributed by atoms with Crippen molar-refractivity contribution in [2.45, 2.75) is 32.7 Å². The molecule has 3 nitrogen and oxygen atoms in total. The van der Waals surface area contributed by atoms with E-state index in [1.807, 2.05) is 12.1 Å². The summed E-state index contributed by atoms with van der Waals surface area (Å²) in [6.45, 7) is 4.42. The van der Waals surface area contributed by atoms with Crippen molar-refractivity contribution in [3.63, 3.8) is 0 Å². The zero-order valence-electron chi connectivity index (χ0n) is 9.77. The van der Waals surface area contributed by atoms with Crippen molar-refractivity contribution in [1.82, 2.24) is 9.55 Å². The Bertz CT molecular complexity index is 535. The second-order valence-electron chi connectivity index (χ2n) is 5.01. The summed E-state index contributed by atoms with van der Waals surface area (Å²) in [6.07, 6.45) is 2.45. The predicted molar refractivity (Wildman–Crippen MR) is 66.3 cm³/mol. The quantitative estimate of drug-likeness (QED) is 0.794. The van der Waals surface area contributed by atoms with Gasteiger partial charge in [-0.3, -0.25) is 0 Å². The standard InChI is InChI=1S/C13H17N3/c1-8-6-10(7-8)16-12-9(2)4-3-5-11(12)15-13(16)14/h3-5,8,10H,6-7H2,1-2H3,(H2,14,15). The van der Waals surface area contributed by atoms with E-state index in [9.17, 15) is 0 Å². The summed E-state index contributed by atoms with van der Waals surface area (Å²) in [4.78, 5) is 4.44. The monoisotopic (exact) mass is 215 g/mol. The first kappa shape index (κ1) is 9.70. The Balaban J connectivity index is 2.19. The Morgan fingerprint density at radius 1 is 1.38 bits per heavy atom. The molecule has 2 aromatic rings. The maximum atomic E-state index is 6.03. The fourth-order valence-corrected chi connectivity index (χ4v) is 2.78. The Hall–Kier alpha value is -1.51. The van der Waals surface area contributed by atoms with Crippen molar-refractivity contribution in [3.05, 3.63) is 23.8 Å². The fraction of sp³-hybridized carbons (Fsp3) is 0.462. The summed E-state index contributed by atoms with van der Waals surface area (Å²) in [5.41, 5.74) is 9.54. The molecule has 0 bridgehead atoms. The third kappa shape index (κ3) is 1.24. The number of aromatic nitrogens is 2. The fourth-order valence-electron chi connectivity index (χ4n) is 2.78. The van der Waals surface area contributed by atoms with Crippen molar-refractivity contribution in [2.24, 2.45) is 5.92 Å². The lowest BCUT2D eigenvalue weighted by molar-refractivity contribution is 0.223. The van der Waals surface area contributed by atoms with Gasteiger partial charge in [0, 0.05) is 6.04 Å². The number of benzene rings is 1. The van der Waals surface area contributed by atoms with E-state index >= 15 is 0 Å². The van der Waals surface area contributed by atoms with Gasteiger partial charge in [0.15, 0.2) is 0 Å². The number of fused-ring (bicyclic) bond motifs is 1. The molecule has 0 unspecified atom stereocenters. The second kappa shape index (κ2) is 3.24.